The highest BCUT2D eigenvalue weighted by molar-refractivity contribution is 7.91. The third-order valence-electron chi connectivity index (χ3n) is 4.82. The molecule has 2 aliphatic rings. The van der Waals surface area contributed by atoms with E-state index in [0.717, 1.165) is 13.1 Å². The third kappa shape index (κ3) is 3.87. The Bertz CT molecular complexity index is 717. The van der Waals surface area contributed by atoms with Gasteiger partial charge in [-0.1, -0.05) is 29.3 Å². The second-order valence-corrected chi connectivity index (χ2v) is 9.40. The summed E-state index contributed by atoms with van der Waals surface area (Å²) in [5.41, 5.74) is 0.432. The molecule has 1 aromatic rings. The molecule has 0 aromatic heterocycles. The molecule has 1 aromatic carbocycles. The van der Waals surface area contributed by atoms with Crippen LogP contribution < -0.4 is 0 Å². The van der Waals surface area contributed by atoms with Crippen molar-refractivity contribution < 1.29 is 13.2 Å². The number of hydrogen-bond acceptors (Lipinski definition) is 4. The molecule has 0 aliphatic carbocycles. The molecule has 0 atom stereocenters. The maximum atomic E-state index is 12.6. The van der Waals surface area contributed by atoms with E-state index >= 15 is 0 Å². The van der Waals surface area contributed by atoms with Crippen molar-refractivity contribution in [1.82, 2.24) is 9.80 Å². The highest BCUT2D eigenvalue weighted by atomic mass is 35.5. The van der Waals surface area contributed by atoms with Crippen LogP contribution in [0.15, 0.2) is 18.2 Å². The van der Waals surface area contributed by atoms with Crippen LogP contribution in [0, 0.1) is 0 Å². The Labute approximate surface area is 152 Å². The fourth-order valence-corrected chi connectivity index (χ4v) is 5.22. The Kier molecular flexibility index (Phi) is 5.39. The maximum Gasteiger partial charge on any atom is 0.255 e. The molecule has 1 amide bonds. The number of amides is 1. The molecule has 0 N–H and O–H groups in total. The number of nitrogens with zero attached hydrogens (tertiary/aromatic N) is 2. The van der Waals surface area contributed by atoms with Gasteiger partial charge in [-0.25, -0.2) is 8.42 Å². The minimum Gasteiger partial charge on any atom is -0.336 e. The minimum atomic E-state index is -2.84. The van der Waals surface area contributed by atoms with Crippen LogP contribution in [0.5, 0.6) is 0 Å². The molecular weight excluding hydrogens is 371 g/mol. The van der Waals surface area contributed by atoms with E-state index in [2.05, 4.69) is 4.90 Å². The number of halogens is 2. The van der Waals surface area contributed by atoms with E-state index in [4.69, 9.17) is 23.2 Å². The molecular formula is C16H20Cl2N2O3S. The smallest absolute Gasteiger partial charge is 0.255 e. The van der Waals surface area contributed by atoms with Crippen molar-refractivity contribution in [1.29, 1.82) is 0 Å². The van der Waals surface area contributed by atoms with Crippen molar-refractivity contribution in [3.8, 4) is 0 Å². The first kappa shape index (κ1) is 18.0. The summed E-state index contributed by atoms with van der Waals surface area (Å²) in [5, 5.41) is 0.675. The summed E-state index contributed by atoms with van der Waals surface area (Å²) < 4.78 is 23.1. The molecule has 2 heterocycles. The van der Waals surface area contributed by atoms with Gasteiger partial charge in [-0.15, -0.1) is 0 Å². The largest absolute Gasteiger partial charge is 0.336 e. The molecule has 0 saturated carbocycles. The number of sulfone groups is 1. The third-order valence-corrected chi connectivity index (χ3v) is 7.36. The van der Waals surface area contributed by atoms with E-state index in [-0.39, 0.29) is 17.4 Å². The van der Waals surface area contributed by atoms with Crippen molar-refractivity contribution in [2.24, 2.45) is 0 Å². The summed E-state index contributed by atoms with van der Waals surface area (Å²) in [7, 11) is -2.84. The molecule has 2 aliphatic heterocycles. The topological polar surface area (TPSA) is 57.7 Å². The van der Waals surface area contributed by atoms with Crippen LogP contribution in [0.3, 0.4) is 0 Å². The van der Waals surface area contributed by atoms with Gasteiger partial charge >= 0.3 is 0 Å². The van der Waals surface area contributed by atoms with Gasteiger partial charge in [0.2, 0.25) is 0 Å². The lowest BCUT2D eigenvalue weighted by atomic mass is 10.1. The molecule has 0 unspecified atom stereocenters. The van der Waals surface area contributed by atoms with Gasteiger partial charge in [-0.2, -0.15) is 0 Å². The fourth-order valence-electron chi connectivity index (χ4n) is 3.37. The standard InChI is InChI=1S/C16H20Cl2N2O3S/c17-14-3-1-2-13(15(14)18)16(21)20-8-6-19(7-9-20)12-4-10-24(22,23)11-5-12/h1-3,12H,4-11H2. The number of piperazine rings is 1. The van der Waals surface area contributed by atoms with Gasteiger partial charge in [0.05, 0.1) is 27.1 Å². The number of benzene rings is 1. The Morgan fingerprint density at radius 2 is 1.67 bits per heavy atom. The Morgan fingerprint density at radius 3 is 2.29 bits per heavy atom. The van der Waals surface area contributed by atoms with Gasteiger partial charge in [-0.05, 0) is 25.0 Å². The molecule has 0 radical (unpaired) electrons. The van der Waals surface area contributed by atoms with Gasteiger partial charge < -0.3 is 4.90 Å². The molecule has 3 rings (SSSR count). The van der Waals surface area contributed by atoms with E-state index in [1.54, 1.807) is 23.1 Å². The molecule has 0 bridgehead atoms. The molecule has 5 nitrogen and oxygen atoms in total. The lowest BCUT2D eigenvalue weighted by Crippen LogP contribution is -2.53. The highest BCUT2D eigenvalue weighted by Crippen LogP contribution is 2.27. The van der Waals surface area contributed by atoms with E-state index in [0.29, 0.717) is 47.6 Å². The van der Waals surface area contributed by atoms with Gasteiger partial charge in [-0.3, -0.25) is 9.69 Å². The van der Waals surface area contributed by atoms with Crippen LogP contribution in [0.4, 0.5) is 0 Å². The van der Waals surface area contributed by atoms with Gasteiger partial charge in [0.1, 0.15) is 9.84 Å². The summed E-state index contributed by atoms with van der Waals surface area (Å²) in [6, 6.07) is 5.38. The molecule has 8 heteroatoms. The van der Waals surface area contributed by atoms with Crippen LogP contribution in [0.25, 0.3) is 0 Å². The van der Waals surface area contributed by atoms with Crippen LogP contribution in [-0.4, -0.2) is 67.9 Å². The monoisotopic (exact) mass is 390 g/mol. The summed E-state index contributed by atoms with van der Waals surface area (Å²) in [4.78, 5) is 16.7. The first-order valence-electron chi connectivity index (χ1n) is 8.05. The zero-order valence-electron chi connectivity index (χ0n) is 13.2. The Morgan fingerprint density at radius 1 is 1.04 bits per heavy atom. The van der Waals surface area contributed by atoms with E-state index in [1.807, 2.05) is 0 Å². The highest BCUT2D eigenvalue weighted by Gasteiger charge is 2.31. The van der Waals surface area contributed by atoms with Crippen molar-refractivity contribution in [2.75, 3.05) is 37.7 Å². The Hall–Kier alpha value is -0.820. The maximum absolute atomic E-state index is 12.6. The predicted octanol–water partition coefficient (Wildman–Crippen LogP) is 2.33. The van der Waals surface area contributed by atoms with Crippen LogP contribution >= 0.6 is 23.2 Å². The average Bonchev–Trinajstić information content (AvgIpc) is 2.57. The van der Waals surface area contributed by atoms with E-state index in [1.165, 1.54) is 0 Å². The van der Waals surface area contributed by atoms with Crippen molar-refractivity contribution in [3.63, 3.8) is 0 Å². The second-order valence-electron chi connectivity index (χ2n) is 6.31. The SMILES string of the molecule is O=C(c1cccc(Cl)c1Cl)N1CCN(C2CCS(=O)(=O)CC2)CC1. The van der Waals surface area contributed by atoms with Crippen LogP contribution in [0.2, 0.25) is 10.0 Å². The minimum absolute atomic E-state index is 0.103. The van der Waals surface area contributed by atoms with Gasteiger partial charge in [0, 0.05) is 32.2 Å². The first-order chi connectivity index (χ1) is 11.4. The summed E-state index contributed by atoms with van der Waals surface area (Å²) in [6.45, 7) is 2.75. The number of carbonyl (C=O) groups excluding carboxylic acids is 1. The van der Waals surface area contributed by atoms with E-state index in [9.17, 15) is 13.2 Å². The lowest BCUT2D eigenvalue weighted by molar-refractivity contribution is 0.0558. The van der Waals surface area contributed by atoms with Gasteiger partial charge in [0.25, 0.3) is 5.91 Å². The van der Waals surface area contributed by atoms with Crippen molar-refractivity contribution in [3.05, 3.63) is 33.8 Å². The van der Waals surface area contributed by atoms with Crippen LogP contribution in [-0.2, 0) is 9.84 Å². The quantitative estimate of drug-likeness (QED) is 0.777. The van der Waals surface area contributed by atoms with Crippen molar-refractivity contribution >= 4 is 38.9 Å². The van der Waals surface area contributed by atoms with Crippen LogP contribution in [0.1, 0.15) is 23.2 Å². The summed E-state index contributed by atoms with van der Waals surface area (Å²) in [5.74, 6) is 0.442. The zero-order valence-corrected chi connectivity index (χ0v) is 15.6. The fraction of sp³-hybridized carbons (Fsp3) is 0.562. The predicted molar refractivity (Wildman–Crippen MR) is 95.6 cm³/mol. The second kappa shape index (κ2) is 7.20. The molecule has 2 fully saturated rings. The Balaban J connectivity index is 1.59. The van der Waals surface area contributed by atoms with Crippen molar-refractivity contribution in [2.45, 2.75) is 18.9 Å². The first-order valence-corrected chi connectivity index (χ1v) is 10.6. The van der Waals surface area contributed by atoms with Gasteiger partial charge in [0.15, 0.2) is 0 Å². The number of hydrogen-bond donors (Lipinski definition) is 0. The lowest BCUT2D eigenvalue weighted by Gasteiger charge is -2.40. The molecule has 132 valence electrons. The summed E-state index contributed by atoms with van der Waals surface area (Å²) >= 11 is 12.1. The molecule has 24 heavy (non-hydrogen) atoms. The normalized spacial score (nSPS) is 22.5. The average molecular weight is 391 g/mol. The molecule has 0 spiro atoms. The summed E-state index contributed by atoms with van der Waals surface area (Å²) in [6.07, 6.45) is 1.38. The number of rotatable bonds is 2. The zero-order chi connectivity index (χ0) is 17.3. The number of carbonyl (C=O) groups is 1. The molecule has 2 saturated heterocycles. The van der Waals surface area contributed by atoms with E-state index < -0.39 is 9.84 Å².